The Morgan fingerprint density at radius 2 is 2.11 bits per heavy atom. The van der Waals surface area contributed by atoms with Gasteiger partial charge in [0.15, 0.2) is 5.16 Å². The maximum atomic E-state index is 12.2. The highest BCUT2D eigenvalue weighted by atomic mass is 32.2. The van der Waals surface area contributed by atoms with Crippen LogP contribution in [0.5, 0.6) is 0 Å². The second-order valence-electron chi connectivity index (χ2n) is 6.41. The number of para-hydroxylation sites is 1. The van der Waals surface area contributed by atoms with Crippen LogP contribution >= 0.6 is 11.8 Å². The van der Waals surface area contributed by atoms with Crippen LogP contribution in [0.15, 0.2) is 41.7 Å². The molecule has 7 nitrogen and oxygen atoms in total. The number of rotatable bonds is 6. The molecule has 1 amide bonds. The Hall–Kier alpha value is -2.87. The van der Waals surface area contributed by atoms with Gasteiger partial charge in [-0.25, -0.2) is 4.98 Å². The Balaban J connectivity index is 1.33. The molecule has 0 bridgehead atoms. The molecule has 0 saturated heterocycles. The standard InChI is InChI=1S/C19H20N6OS/c1-12-9-13(2)25-18(22-12)23-24-19(25)27-11-17(26)20-8-7-14-10-21-16-6-4-3-5-15(14)16/h3-6,9-10,21H,7-8,11H2,1-2H3,(H,20,26). The first-order chi connectivity index (χ1) is 13.1. The summed E-state index contributed by atoms with van der Waals surface area (Å²) >= 11 is 1.37. The second-order valence-corrected chi connectivity index (χ2v) is 7.35. The maximum absolute atomic E-state index is 12.2. The summed E-state index contributed by atoms with van der Waals surface area (Å²) in [5, 5.41) is 13.1. The lowest BCUT2D eigenvalue weighted by Gasteiger charge is -2.06. The highest BCUT2D eigenvalue weighted by Crippen LogP contribution is 2.19. The van der Waals surface area contributed by atoms with Crippen LogP contribution in [-0.4, -0.2) is 42.8 Å². The zero-order valence-corrected chi connectivity index (χ0v) is 16.0. The number of aromatic amines is 1. The lowest BCUT2D eigenvalue weighted by Crippen LogP contribution is -2.27. The summed E-state index contributed by atoms with van der Waals surface area (Å²) in [5.41, 5.74) is 4.23. The molecule has 0 aliphatic heterocycles. The Kier molecular flexibility index (Phi) is 4.81. The van der Waals surface area contributed by atoms with Gasteiger partial charge in [0.1, 0.15) is 0 Å². The number of aromatic nitrogens is 5. The van der Waals surface area contributed by atoms with Crippen molar-refractivity contribution in [3.05, 3.63) is 53.5 Å². The summed E-state index contributed by atoms with van der Waals surface area (Å²) in [4.78, 5) is 19.8. The summed E-state index contributed by atoms with van der Waals surface area (Å²) in [6.07, 6.45) is 2.79. The molecule has 4 aromatic rings. The first kappa shape index (κ1) is 17.5. The summed E-state index contributed by atoms with van der Waals surface area (Å²) in [5.74, 6) is 0.839. The number of fused-ring (bicyclic) bond motifs is 2. The molecule has 0 unspecified atom stereocenters. The molecule has 0 aliphatic rings. The van der Waals surface area contributed by atoms with Gasteiger partial charge >= 0.3 is 0 Å². The topological polar surface area (TPSA) is 88.0 Å². The Morgan fingerprint density at radius 3 is 3.00 bits per heavy atom. The monoisotopic (exact) mass is 380 g/mol. The van der Waals surface area contributed by atoms with E-state index in [0.717, 1.165) is 23.3 Å². The Bertz CT molecular complexity index is 1120. The van der Waals surface area contributed by atoms with E-state index in [1.807, 2.05) is 42.6 Å². The number of amides is 1. The van der Waals surface area contributed by atoms with E-state index >= 15 is 0 Å². The number of nitrogens with zero attached hydrogens (tertiary/aromatic N) is 4. The minimum absolute atomic E-state index is 0.0192. The van der Waals surface area contributed by atoms with Gasteiger partial charge in [-0.15, -0.1) is 10.2 Å². The molecule has 0 aliphatic carbocycles. The predicted molar refractivity (Wildman–Crippen MR) is 106 cm³/mol. The van der Waals surface area contributed by atoms with Crippen molar-refractivity contribution >= 4 is 34.3 Å². The van der Waals surface area contributed by atoms with E-state index in [9.17, 15) is 4.79 Å². The third-order valence-electron chi connectivity index (χ3n) is 4.39. The van der Waals surface area contributed by atoms with Gasteiger partial charge in [0.25, 0.3) is 5.78 Å². The van der Waals surface area contributed by atoms with Gasteiger partial charge in [-0.2, -0.15) is 0 Å². The smallest absolute Gasteiger partial charge is 0.256 e. The SMILES string of the molecule is Cc1cc(C)n2c(SCC(=O)NCCc3c[nH]c4ccccc34)nnc2n1. The number of hydrogen-bond donors (Lipinski definition) is 2. The fraction of sp³-hybridized carbons (Fsp3) is 0.263. The maximum Gasteiger partial charge on any atom is 0.256 e. The molecule has 4 rings (SSSR count). The first-order valence-electron chi connectivity index (χ1n) is 8.75. The van der Waals surface area contributed by atoms with Gasteiger partial charge in [-0.05, 0) is 38.0 Å². The molecule has 3 aromatic heterocycles. The highest BCUT2D eigenvalue weighted by molar-refractivity contribution is 7.99. The van der Waals surface area contributed by atoms with Crippen molar-refractivity contribution in [2.24, 2.45) is 0 Å². The Morgan fingerprint density at radius 1 is 1.26 bits per heavy atom. The largest absolute Gasteiger partial charge is 0.361 e. The molecule has 0 atom stereocenters. The van der Waals surface area contributed by atoms with Crippen LogP contribution in [0, 0.1) is 13.8 Å². The third kappa shape index (κ3) is 3.66. The summed E-state index contributed by atoms with van der Waals surface area (Å²) in [6, 6.07) is 10.1. The number of H-pyrrole nitrogens is 1. The summed E-state index contributed by atoms with van der Waals surface area (Å²) in [7, 11) is 0. The number of carbonyl (C=O) groups is 1. The second kappa shape index (κ2) is 7.40. The van der Waals surface area contributed by atoms with Gasteiger partial charge in [-0.3, -0.25) is 9.20 Å². The molecular formula is C19H20N6OS. The highest BCUT2D eigenvalue weighted by Gasteiger charge is 2.12. The molecule has 27 heavy (non-hydrogen) atoms. The van der Waals surface area contributed by atoms with E-state index < -0.39 is 0 Å². The minimum Gasteiger partial charge on any atom is -0.361 e. The third-order valence-corrected chi connectivity index (χ3v) is 5.32. The van der Waals surface area contributed by atoms with Crippen LogP contribution in [0.3, 0.4) is 0 Å². The van der Waals surface area contributed by atoms with E-state index in [0.29, 0.717) is 23.2 Å². The summed E-state index contributed by atoms with van der Waals surface area (Å²) in [6.45, 7) is 4.51. The molecule has 0 fully saturated rings. The average molecular weight is 380 g/mol. The summed E-state index contributed by atoms with van der Waals surface area (Å²) < 4.78 is 1.87. The number of hydrogen-bond acceptors (Lipinski definition) is 5. The zero-order valence-electron chi connectivity index (χ0n) is 15.2. The fourth-order valence-corrected chi connectivity index (χ4v) is 3.97. The van der Waals surface area contributed by atoms with Crippen LogP contribution in [0.2, 0.25) is 0 Å². The molecular weight excluding hydrogens is 360 g/mol. The quantitative estimate of drug-likeness (QED) is 0.502. The number of benzene rings is 1. The van der Waals surface area contributed by atoms with Crippen LogP contribution in [0.1, 0.15) is 17.0 Å². The Labute approximate surface area is 160 Å². The van der Waals surface area contributed by atoms with Gasteiger partial charge < -0.3 is 10.3 Å². The molecule has 2 N–H and O–H groups in total. The molecule has 0 spiro atoms. The van der Waals surface area contributed by atoms with Crippen LogP contribution < -0.4 is 5.32 Å². The number of nitrogens with one attached hydrogen (secondary N) is 2. The number of aryl methyl sites for hydroxylation is 2. The van der Waals surface area contributed by atoms with Gasteiger partial charge in [0.05, 0.1) is 5.75 Å². The average Bonchev–Trinajstić information content (AvgIpc) is 3.24. The van der Waals surface area contributed by atoms with Crippen LogP contribution in [0.25, 0.3) is 16.7 Å². The molecule has 0 radical (unpaired) electrons. The van der Waals surface area contributed by atoms with Crippen molar-refractivity contribution < 1.29 is 4.79 Å². The van der Waals surface area contributed by atoms with Crippen molar-refractivity contribution in [1.29, 1.82) is 0 Å². The van der Waals surface area contributed by atoms with Crippen molar-refractivity contribution in [2.45, 2.75) is 25.4 Å². The zero-order chi connectivity index (χ0) is 18.8. The van der Waals surface area contributed by atoms with Gasteiger partial charge in [-0.1, -0.05) is 30.0 Å². The molecule has 1 aromatic carbocycles. The number of carbonyl (C=O) groups excluding carboxylic acids is 1. The molecule has 138 valence electrons. The predicted octanol–water partition coefficient (Wildman–Crippen LogP) is 2.67. The van der Waals surface area contributed by atoms with Crippen molar-refractivity contribution in [3.8, 4) is 0 Å². The van der Waals surface area contributed by atoms with E-state index in [1.165, 1.54) is 22.7 Å². The number of thioether (sulfide) groups is 1. The van der Waals surface area contributed by atoms with Crippen molar-refractivity contribution in [1.82, 2.24) is 29.9 Å². The van der Waals surface area contributed by atoms with E-state index in [-0.39, 0.29) is 5.91 Å². The molecule has 8 heteroatoms. The molecule has 0 saturated carbocycles. The lowest BCUT2D eigenvalue weighted by molar-refractivity contribution is -0.118. The fourth-order valence-electron chi connectivity index (χ4n) is 3.15. The molecule has 3 heterocycles. The van der Waals surface area contributed by atoms with Crippen molar-refractivity contribution in [2.75, 3.05) is 12.3 Å². The minimum atomic E-state index is -0.0192. The lowest BCUT2D eigenvalue weighted by atomic mass is 10.1. The van der Waals surface area contributed by atoms with Crippen LogP contribution in [-0.2, 0) is 11.2 Å². The van der Waals surface area contributed by atoms with Crippen molar-refractivity contribution in [3.63, 3.8) is 0 Å². The van der Waals surface area contributed by atoms with E-state index in [4.69, 9.17) is 0 Å². The van der Waals surface area contributed by atoms with E-state index in [2.05, 4.69) is 37.6 Å². The normalized spacial score (nSPS) is 11.3. The van der Waals surface area contributed by atoms with Gasteiger partial charge in [0.2, 0.25) is 5.91 Å². The van der Waals surface area contributed by atoms with E-state index in [1.54, 1.807) is 0 Å². The van der Waals surface area contributed by atoms with Crippen LogP contribution in [0.4, 0.5) is 0 Å². The van der Waals surface area contributed by atoms with Gasteiger partial charge in [0, 0.05) is 35.0 Å². The first-order valence-corrected chi connectivity index (χ1v) is 9.74.